The lowest BCUT2D eigenvalue weighted by Gasteiger charge is -2.25. The van der Waals surface area contributed by atoms with Gasteiger partial charge in [0.05, 0.1) is 0 Å². The molecule has 0 aliphatic carbocycles. The quantitative estimate of drug-likeness (QED) is 0.832. The molecule has 1 aliphatic rings. The summed E-state index contributed by atoms with van der Waals surface area (Å²) < 4.78 is 0. The largest absolute Gasteiger partial charge is 0.338 e. The molecule has 1 aromatic rings. The molecule has 3 nitrogen and oxygen atoms in total. The number of amides is 1. The van der Waals surface area contributed by atoms with Crippen molar-refractivity contribution < 1.29 is 4.79 Å². The molecule has 0 radical (unpaired) electrons. The van der Waals surface area contributed by atoms with Gasteiger partial charge in [-0.2, -0.15) is 0 Å². The maximum atomic E-state index is 12.5. The SMILES string of the molecule is CC(C)CN(Cc1ccccc1)C(=O)CCC1CCNC1.Cl. The zero-order valence-corrected chi connectivity index (χ0v) is 14.6. The monoisotopic (exact) mass is 324 g/mol. The lowest BCUT2D eigenvalue weighted by atomic mass is 10.0. The number of carbonyl (C=O) groups is 1. The standard InChI is InChI=1S/C18H28N2O.ClH/c1-15(2)13-20(14-17-6-4-3-5-7-17)18(21)9-8-16-10-11-19-12-16;/h3-7,15-16,19H,8-14H2,1-2H3;1H. The van der Waals surface area contributed by atoms with Gasteiger partial charge in [-0.15, -0.1) is 12.4 Å². The van der Waals surface area contributed by atoms with Crippen molar-refractivity contribution in [1.82, 2.24) is 10.2 Å². The third-order valence-electron chi connectivity index (χ3n) is 4.08. The maximum Gasteiger partial charge on any atom is 0.222 e. The molecule has 1 aromatic carbocycles. The van der Waals surface area contributed by atoms with Crippen LogP contribution < -0.4 is 5.32 Å². The van der Waals surface area contributed by atoms with E-state index in [4.69, 9.17) is 0 Å². The number of rotatable bonds is 7. The highest BCUT2D eigenvalue weighted by atomic mass is 35.5. The highest BCUT2D eigenvalue weighted by Gasteiger charge is 2.19. The minimum absolute atomic E-state index is 0. The van der Waals surface area contributed by atoms with E-state index >= 15 is 0 Å². The minimum atomic E-state index is 0. The Kier molecular flexibility index (Phi) is 8.51. The van der Waals surface area contributed by atoms with Crippen molar-refractivity contribution in [1.29, 1.82) is 0 Å². The minimum Gasteiger partial charge on any atom is -0.338 e. The van der Waals surface area contributed by atoms with Crippen molar-refractivity contribution in [2.45, 2.75) is 39.7 Å². The average Bonchev–Trinajstić information content (AvgIpc) is 2.98. The van der Waals surface area contributed by atoms with E-state index in [0.29, 0.717) is 24.2 Å². The normalized spacial score (nSPS) is 17.3. The number of hydrogen-bond acceptors (Lipinski definition) is 2. The first-order valence-corrected chi connectivity index (χ1v) is 8.17. The Morgan fingerprint density at radius 3 is 2.64 bits per heavy atom. The summed E-state index contributed by atoms with van der Waals surface area (Å²) in [6, 6.07) is 10.3. The highest BCUT2D eigenvalue weighted by Crippen LogP contribution is 2.17. The predicted molar refractivity (Wildman–Crippen MR) is 94.2 cm³/mol. The van der Waals surface area contributed by atoms with E-state index in [1.165, 1.54) is 12.0 Å². The molecule has 0 aromatic heterocycles. The molecule has 0 spiro atoms. The number of nitrogens with zero attached hydrogens (tertiary/aromatic N) is 1. The van der Waals surface area contributed by atoms with Gasteiger partial charge in [0.15, 0.2) is 0 Å². The van der Waals surface area contributed by atoms with Gasteiger partial charge in [-0.05, 0) is 43.3 Å². The molecule has 22 heavy (non-hydrogen) atoms. The molecule has 1 unspecified atom stereocenters. The molecule has 1 atom stereocenters. The predicted octanol–water partition coefficient (Wildman–Crippen LogP) is 3.48. The number of carbonyl (C=O) groups excluding carboxylic acids is 1. The molecule has 2 rings (SSSR count). The summed E-state index contributed by atoms with van der Waals surface area (Å²) in [6.07, 6.45) is 2.93. The fourth-order valence-electron chi connectivity index (χ4n) is 2.95. The van der Waals surface area contributed by atoms with Crippen LogP contribution in [0.15, 0.2) is 30.3 Å². The summed E-state index contributed by atoms with van der Waals surface area (Å²) in [4.78, 5) is 14.6. The Morgan fingerprint density at radius 2 is 2.05 bits per heavy atom. The van der Waals surface area contributed by atoms with Crippen LogP contribution in [0, 0.1) is 11.8 Å². The highest BCUT2D eigenvalue weighted by molar-refractivity contribution is 5.85. The van der Waals surface area contributed by atoms with Gasteiger partial charge in [0.25, 0.3) is 0 Å². The zero-order chi connectivity index (χ0) is 15.1. The molecular formula is C18H29ClN2O. The van der Waals surface area contributed by atoms with Crippen LogP contribution in [0.3, 0.4) is 0 Å². The van der Waals surface area contributed by atoms with Crippen LogP contribution in [-0.2, 0) is 11.3 Å². The molecule has 1 saturated heterocycles. The van der Waals surface area contributed by atoms with Crippen LogP contribution in [0.5, 0.6) is 0 Å². The lowest BCUT2D eigenvalue weighted by Crippen LogP contribution is -2.34. The van der Waals surface area contributed by atoms with Gasteiger partial charge in [-0.1, -0.05) is 44.2 Å². The lowest BCUT2D eigenvalue weighted by molar-refractivity contribution is -0.132. The second-order valence-electron chi connectivity index (χ2n) is 6.55. The van der Waals surface area contributed by atoms with E-state index in [0.717, 1.165) is 32.6 Å². The van der Waals surface area contributed by atoms with E-state index in [1.54, 1.807) is 0 Å². The summed E-state index contributed by atoms with van der Waals surface area (Å²) in [6.45, 7) is 8.12. The molecule has 1 fully saturated rings. The van der Waals surface area contributed by atoms with Crippen molar-refractivity contribution in [3.8, 4) is 0 Å². The van der Waals surface area contributed by atoms with Crippen LogP contribution in [0.25, 0.3) is 0 Å². The molecule has 124 valence electrons. The smallest absolute Gasteiger partial charge is 0.222 e. The fourth-order valence-corrected chi connectivity index (χ4v) is 2.95. The van der Waals surface area contributed by atoms with Crippen molar-refractivity contribution in [3.63, 3.8) is 0 Å². The topological polar surface area (TPSA) is 32.3 Å². The van der Waals surface area contributed by atoms with Crippen molar-refractivity contribution >= 4 is 18.3 Å². The summed E-state index contributed by atoms with van der Waals surface area (Å²) >= 11 is 0. The molecule has 1 amide bonds. The maximum absolute atomic E-state index is 12.5. The summed E-state index contributed by atoms with van der Waals surface area (Å²) in [7, 11) is 0. The Labute approximate surface area is 140 Å². The van der Waals surface area contributed by atoms with E-state index in [-0.39, 0.29) is 12.4 Å². The first kappa shape index (κ1) is 19.0. The van der Waals surface area contributed by atoms with Gasteiger partial charge >= 0.3 is 0 Å². The van der Waals surface area contributed by atoms with Gasteiger partial charge in [0.2, 0.25) is 5.91 Å². The first-order valence-electron chi connectivity index (χ1n) is 8.17. The second-order valence-corrected chi connectivity index (χ2v) is 6.55. The number of nitrogens with one attached hydrogen (secondary N) is 1. The summed E-state index contributed by atoms with van der Waals surface area (Å²) in [5.41, 5.74) is 1.22. The summed E-state index contributed by atoms with van der Waals surface area (Å²) in [5.74, 6) is 1.50. The van der Waals surface area contributed by atoms with Crippen LogP contribution in [0.1, 0.15) is 38.7 Å². The van der Waals surface area contributed by atoms with Gasteiger partial charge in [-0.3, -0.25) is 4.79 Å². The van der Waals surface area contributed by atoms with Gasteiger partial charge in [0, 0.05) is 19.5 Å². The van der Waals surface area contributed by atoms with Gasteiger partial charge < -0.3 is 10.2 Å². The van der Waals surface area contributed by atoms with Crippen LogP contribution in [0.2, 0.25) is 0 Å². The first-order chi connectivity index (χ1) is 10.1. The summed E-state index contributed by atoms with van der Waals surface area (Å²) in [5, 5.41) is 3.37. The molecule has 0 bridgehead atoms. The molecule has 0 saturated carbocycles. The third kappa shape index (κ3) is 6.37. The Morgan fingerprint density at radius 1 is 1.32 bits per heavy atom. The molecule has 4 heteroatoms. The number of hydrogen-bond donors (Lipinski definition) is 1. The van der Waals surface area contributed by atoms with Crippen LogP contribution in [-0.4, -0.2) is 30.4 Å². The Bertz CT molecular complexity index is 430. The van der Waals surface area contributed by atoms with E-state index in [1.807, 2.05) is 23.1 Å². The number of benzene rings is 1. The molecule has 1 N–H and O–H groups in total. The van der Waals surface area contributed by atoms with Crippen molar-refractivity contribution in [3.05, 3.63) is 35.9 Å². The van der Waals surface area contributed by atoms with Gasteiger partial charge in [-0.25, -0.2) is 0 Å². The van der Waals surface area contributed by atoms with Crippen LogP contribution >= 0.6 is 12.4 Å². The average molecular weight is 325 g/mol. The molecular weight excluding hydrogens is 296 g/mol. The van der Waals surface area contributed by atoms with E-state index in [2.05, 4.69) is 31.3 Å². The van der Waals surface area contributed by atoms with Crippen LogP contribution in [0.4, 0.5) is 0 Å². The third-order valence-corrected chi connectivity index (χ3v) is 4.08. The van der Waals surface area contributed by atoms with Crippen molar-refractivity contribution in [2.24, 2.45) is 11.8 Å². The Balaban J connectivity index is 0.00000242. The zero-order valence-electron chi connectivity index (χ0n) is 13.8. The van der Waals surface area contributed by atoms with Gasteiger partial charge in [0.1, 0.15) is 0 Å². The Hall–Kier alpha value is -1.06. The molecule has 1 aliphatic heterocycles. The van der Waals surface area contributed by atoms with E-state index in [9.17, 15) is 4.79 Å². The second kappa shape index (κ2) is 9.86. The molecule has 1 heterocycles. The number of halogens is 1. The van der Waals surface area contributed by atoms with E-state index < -0.39 is 0 Å². The van der Waals surface area contributed by atoms with Crippen molar-refractivity contribution in [2.75, 3.05) is 19.6 Å². The fraction of sp³-hybridized carbons (Fsp3) is 0.611.